The molecule has 2 aromatic carbocycles. The third-order valence-electron chi connectivity index (χ3n) is 3.01. The molecular formula is C15H17FN2O. The van der Waals surface area contributed by atoms with E-state index in [1.54, 1.807) is 13.2 Å². The second kappa shape index (κ2) is 5.61. The summed E-state index contributed by atoms with van der Waals surface area (Å²) in [6.07, 6.45) is 0. The van der Waals surface area contributed by atoms with Crippen LogP contribution in [0.5, 0.6) is 5.75 Å². The fourth-order valence-electron chi connectivity index (χ4n) is 2.00. The molecule has 4 heteroatoms. The highest BCUT2D eigenvalue weighted by molar-refractivity contribution is 5.59. The van der Waals surface area contributed by atoms with Crippen molar-refractivity contribution >= 4 is 11.4 Å². The molecule has 0 heterocycles. The minimum absolute atomic E-state index is 0.318. The molecule has 0 aliphatic carbocycles. The quantitative estimate of drug-likeness (QED) is 0.859. The molecule has 0 fully saturated rings. The van der Waals surface area contributed by atoms with Crippen molar-refractivity contribution in [2.24, 2.45) is 0 Å². The average Bonchev–Trinajstić information content (AvgIpc) is 2.41. The number of benzene rings is 2. The van der Waals surface area contributed by atoms with Crippen LogP contribution >= 0.6 is 0 Å². The number of nitrogens with two attached hydrogens (primary N) is 1. The van der Waals surface area contributed by atoms with Crippen molar-refractivity contribution < 1.29 is 9.13 Å². The van der Waals surface area contributed by atoms with Gasteiger partial charge in [-0.25, -0.2) is 4.39 Å². The Bertz CT molecular complexity index is 572. The number of para-hydroxylation sites is 2. The third kappa shape index (κ3) is 2.96. The molecule has 0 saturated heterocycles. The number of halogens is 1. The molecule has 0 aromatic heterocycles. The van der Waals surface area contributed by atoms with Crippen LogP contribution in [0.25, 0.3) is 0 Å². The Balaban J connectivity index is 2.23. The first-order valence-electron chi connectivity index (χ1n) is 6.00. The van der Waals surface area contributed by atoms with E-state index in [-0.39, 0.29) is 5.82 Å². The van der Waals surface area contributed by atoms with E-state index in [1.807, 2.05) is 36.2 Å². The Morgan fingerprint density at radius 1 is 1.21 bits per heavy atom. The lowest BCUT2D eigenvalue weighted by Gasteiger charge is -2.22. The Kier molecular flexibility index (Phi) is 3.90. The molecule has 0 radical (unpaired) electrons. The molecule has 19 heavy (non-hydrogen) atoms. The van der Waals surface area contributed by atoms with Gasteiger partial charge in [0, 0.05) is 19.3 Å². The maximum atomic E-state index is 13.0. The zero-order valence-corrected chi connectivity index (χ0v) is 11.1. The molecule has 0 unspecified atom stereocenters. The van der Waals surface area contributed by atoms with Crippen LogP contribution < -0.4 is 15.4 Å². The molecule has 0 atom stereocenters. The number of rotatable bonds is 4. The van der Waals surface area contributed by atoms with E-state index in [9.17, 15) is 4.39 Å². The third-order valence-corrected chi connectivity index (χ3v) is 3.01. The fraction of sp³-hybridized carbons (Fsp3) is 0.200. The maximum Gasteiger partial charge on any atom is 0.142 e. The van der Waals surface area contributed by atoms with Crippen molar-refractivity contribution in [3.8, 4) is 5.75 Å². The van der Waals surface area contributed by atoms with Crippen molar-refractivity contribution in [2.45, 2.75) is 6.54 Å². The van der Waals surface area contributed by atoms with Gasteiger partial charge in [0.2, 0.25) is 0 Å². The summed E-state index contributed by atoms with van der Waals surface area (Å²) in [5.74, 6) is 0.479. The highest BCUT2D eigenvalue weighted by atomic mass is 19.1. The van der Waals surface area contributed by atoms with Gasteiger partial charge in [0.15, 0.2) is 0 Å². The van der Waals surface area contributed by atoms with E-state index in [2.05, 4.69) is 0 Å². The van der Waals surface area contributed by atoms with E-state index < -0.39 is 0 Å². The fourth-order valence-corrected chi connectivity index (χ4v) is 2.00. The van der Waals surface area contributed by atoms with Gasteiger partial charge in [0.25, 0.3) is 0 Å². The Morgan fingerprint density at radius 2 is 1.95 bits per heavy atom. The molecular weight excluding hydrogens is 243 g/mol. The summed E-state index contributed by atoms with van der Waals surface area (Å²) >= 11 is 0. The Hall–Kier alpha value is -2.23. The van der Waals surface area contributed by atoms with Crippen LogP contribution in [-0.4, -0.2) is 14.2 Å². The van der Waals surface area contributed by atoms with Gasteiger partial charge < -0.3 is 15.4 Å². The minimum Gasteiger partial charge on any atom is -0.495 e. The van der Waals surface area contributed by atoms with Crippen molar-refractivity contribution in [3.05, 3.63) is 53.8 Å². The zero-order valence-electron chi connectivity index (χ0n) is 11.1. The smallest absolute Gasteiger partial charge is 0.142 e. The molecule has 0 spiro atoms. The first-order valence-corrected chi connectivity index (χ1v) is 6.00. The summed E-state index contributed by atoms with van der Waals surface area (Å²) in [4.78, 5) is 2.02. The standard InChI is InChI=1S/C15H17FN2O/c1-18(14-5-3-4-6-15(14)19-2)10-11-7-8-12(16)9-13(11)17/h3-9H,10,17H2,1-2H3. The Labute approximate surface area is 112 Å². The number of hydrogen-bond donors (Lipinski definition) is 1. The lowest BCUT2D eigenvalue weighted by molar-refractivity contribution is 0.415. The van der Waals surface area contributed by atoms with Gasteiger partial charge in [-0.15, -0.1) is 0 Å². The molecule has 2 rings (SSSR count). The van der Waals surface area contributed by atoms with E-state index in [4.69, 9.17) is 10.5 Å². The van der Waals surface area contributed by atoms with Gasteiger partial charge in [-0.1, -0.05) is 18.2 Å². The SMILES string of the molecule is COc1ccccc1N(C)Cc1ccc(F)cc1N. The summed E-state index contributed by atoms with van der Waals surface area (Å²) in [5, 5.41) is 0. The van der Waals surface area contributed by atoms with Gasteiger partial charge in [0.1, 0.15) is 11.6 Å². The first-order chi connectivity index (χ1) is 9.11. The van der Waals surface area contributed by atoms with Crippen molar-refractivity contribution in [3.63, 3.8) is 0 Å². The lowest BCUT2D eigenvalue weighted by atomic mass is 10.1. The highest BCUT2D eigenvalue weighted by Gasteiger charge is 2.09. The topological polar surface area (TPSA) is 38.5 Å². The van der Waals surface area contributed by atoms with Crippen LogP contribution in [-0.2, 0) is 6.54 Å². The number of anilines is 2. The summed E-state index contributed by atoms with van der Waals surface area (Å²) in [6.45, 7) is 0.590. The van der Waals surface area contributed by atoms with Crippen LogP contribution in [0.15, 0.2) is 42.5 Å². The van der Waals surface area contributed by atoms with Crippen LogP contribution in [0, 0.1) is 5.82 Å². The van der Waals surface area contributed by atoms with Gasteiger partial charge in [-0.2, -0.15) is 0 Å². The molecule has 0 bridgehead atoms. The normalized spacial score (nSPS) is 10.3. The van der Waals surface area contributed by atoms with Crippen LogP contribution in [0.4, 0.5) is 15.8 Å². The van der Waals surface area contributed by atoms with E-state index in [0.717, 1.165) is 17.0 Å². The molecule has 3 nitrogen and oxygen atoms in total. The summed E-state index contributed by atoms with van der Waals surface area (Å²) in [5.41, 5.74) is 8.13. The van der Waals surface area contributed by atoms with E-state index in [1.165, 1.54) is 12.1 Å². The number of ether oxygens (including phenoxy) is 1. The molecule has 0 amide bonds. The number of nitrogens with zero attached hydrogens (tertiary/aromatic N) is 1. The van der Waals surface area contributed by atoms with Crippen molar-refractivity contribution in [1.29, 1.82) is 0 Å². The second-order valence-corrected chi connectivity index (χ2v) is 4.37. The van der Waals surface area contributed by atoms with Gasteiger partial charge in [0.05, 0.1) is 12.8 Å². The predicted molar refractivity (Wildman–Crippen MR) is 75.9 cm³/mol. The maximum absolute atomic E-state index is 13.0. The highest BCUT2D eigenvalue weighted by Crippen LogP contribution is 2.28. The van der Waals surface area contributed by atoms with Gasteiger partial charge in [-0.3, -0.25) is 0 Å². The number of hydrogen-bond acceptors (Lipinski definition) is 3. The summed E-state index contributed by atoms with van der Waals surface area (Å²) in [7, 11) is 3.58. The largest absolute Gasteiger partial charge is 0.495 e. The minimum atomic E-state index is -0.318. The van der Waals surface area contributed by atoms with Crippen LogP contribution in [0.3, 0.4) is 0 Å². The summed E-state index contributed by atoms with van der Waals surface area (Å²) < 4.78 is 18.3. The van der Waals surface area contributed by atoms with Gasteiger partial charge >= 0.3 is 0 Å². The molecule has 0 aliphatic heterocycles. The van der Waals surface area contributed by atoms with E-state index in [0.29, 0.717) is 12.2 Å². The number of nitrogen functional groups attached to an aromatic ring is 1. The van der Waals surface area contributed by atoms with Crippen LogP contribution in [0.1, 0.15) is 5.56 Å². The molecule has 2 N–H and O–H groups in total. The van der Waals surface area contributed by atoms with Crippen molar-refractivity contribution in [2.75, 3.05) is 24.8 Å². The second-order valence-electron chi connectivity index (χ2n) is 4.37. The lowest BCUT2D eigenvalue weighted by Crippen LogP contribution is -2.18. The predicted octanol–water partition coefficient (Wildman–Crippen LogP) is 3.05. The molecule has 0 saturated carbocycles. The monoisotopic (exact) mass is 260 g/mol. The first kappa shape index (κ1) is 13.2. The average molecular weight is 260 g/mol. The Morgan fingerprint density at radius 3 is 2.63 bits per heavy atom. The van der Waals surface area contributed by atoms with Crippen LogP contribution in [0.2, 0.25) is 0 Å². The van der Waals surface area contributed by atoms with E-state index >= 15 is 0 Å². The van der Waals surface area contributed by atoms with Crippen molar-refractivity contribution in [1.82, 2.24) is 0 Å². The summed E-state index contributed by atoms with van der Waals surface area (Å²) in [6, 6.07) is 12.2. The molecule has 100 valence electrons. The van der Waals surface area contributed by atoms with Gasteiger partial charge in [-0.05, 0) is 29.8 Å². The molecule has 2 aromatic rings. The molecule has 0 aliphatic rings. The number of methoxy groups -OCH3 is 1. The zero-order chi connectivity index (χ0) is 13.8.